The fraction of sp³-hybridized carbons (Fsp3) is 0.615. The summed E-state index contributed by atoms with van der Waals surface area (Å²) in [7, 11) is 1.95. The van der Waals surface area contributed by atoms with Crippen molar-refractivity contribution in [2.45, 2.75) is 32.7 Å². The number of hydrogen-bond acceptors (Lipinski definition) is 4. The molecule has 0 aliphatic carbocycles. The second-order valence-corrected chi connectivity index (χ2v) is 5.22. The molecule has 1 fully saturated rings. The normalized spacial score (nSPS) is 16.9. The van der Waals surface area contributed by atoms with Crippen molar-refractivity contribution in [3.63, 3.8) is 0 Å². The van der Waals surface area contributed by atoms with Crippen LogP contribution in [-0.4, -0.2) is 42.5 Å². The molecule has 2 aromatic rings. The quantitative estimate of drug-likeness (QED) is 0.834. The fourth-order valence-electron chi connectivity index (χ4n) is 2.70. The number of aryl methyl sites for hydroxylation is 2. The molecule has 19 heavy (non-hydrogen) atoms. The van der Waals surface area contributed by atoms with Gasteiger partial charge in [-0.25, -0.2) is 0 Å². The van der Waals surface area contributed by atoms with Gasteiger partial charge in [0.1, 0.15) is 12.1 Å². The third-order valence-electron chi connectivity index (χ3n) is 3.66. The Hall–Kier alpha value is -1.69. The van der Waals surface area contributed by atoms with Gasteiger partial charge in [0.2, 0.25) is 0 Å². The van der Waals surface area contributed by atoms with Crippen LogP contribution < -0.4 is 0 Å². The van der Waals surface area contributed by atoms with E-state index in [1.807, 2.05) is 23.2 Å². The first-order valence-corrected chi connectivity index (χ1v) is 6.86. The van der Waals surface area contributed by atoms with Gasteiger partial charge in [0.15, 0.2) is 5.82 Å². The maximum Gasteiger partial charge on any atom is 0.152 e. The van der Waals surface area contributed by atoms with Crippen LogP contribution in [0.5, 0.6) is 0 Å². The minimum Gasteiger partial charge on any atom is -0.296 e. The number of hydrogen-bond donors (Lipinski definition) is 0. The maximum absolute atomic E-state index is 4.38. The summed E-state index contributed by atoms with van der Waals surface area (Å²) in [5, 5.41) is 12.7. The summed E-state index contributed by atoms with van der Waals surface area (Å²) >= 11 is 0. The number of rotatable bonds is 3. The van der Waals surface area contributed by atoms with Crippen LogP contribution in [-0.2, 0) is 13.6 Å². The zero-order valence-corrected chi connectivity index (χ0v) is 11.6. The Labute approximate surface area is 113 Å². The van der Waals surface area contributed by atoms with Gasteiger partial charge in [-0.15, -0.1) is 10.2 Å². The van der Waals surface area contributed by atoms with E-state index in [1.165, 1.54) is 19.3 Å². The average molecular weight is 260 g/mol. The van der Waals surface area contributed by atoms with E-state index in [2.05, 4.69) is 26.3 Å². The molecule has 2 aromatic heterocycles. The lowest BCUT2D eigenvalue weighted by Gasteiger charge is -2.25. The van der Waals surface area contributed by atoms with E-state index in [0.717, 1.165) is 37.0 Å². The van der Waals surface area contributed by atoms with E-state index < -0.39 is 0 Å². The highest BCUT2D eigenvalue weighted by Gasteiger charge is 2.16. The van der Waals surface area contributed by atoms with Crippen LogP contribution in [0.2, 0.25) is 0 Å². The standard InChI is InChI=1S/C13H20N6/c1-11-8-13(17(2)16-11)19-10-14-15-12(19)9-18-6-4-3-5-7-18/h8,10H,3-7,9H2,1-2H3. The monoisotopic (exact) mass is 260 g/mol. The predicted octanol–water partition coefficient (Wildman–Crippen LogP) is 1.30. The van der Waals surface area contributed by atoms with Crippen molar-refractivity contribution < 1.29 is 0 Å². The SMILES string of the molecule is Cc1cc(-n2cnnc2CN2CCCCC2)n(C)n1. The van der Waals surface area contributed by atoms with Gasteiger partial charge < -0.3 is 0 Å². The molecule has 3 rings (SSSR count). The number of likely N-dealkylation sites (tertiary alicyclic amines) is 1. The first kappa shape index (κ1) is 12.3. The van der Waals surface area contributed by atoms with Crippen LogP contribution >= 0.6 is 0 Å². The molecule has 0 spiro atoms. The van der Waals surface area contributed by atoms with Crippen LogP contribution in [0.3, 0.4) is 0 Å². The van der Waals surface area contributed by atoms with Gasteiger partial charge in [0.25, 0.3) is 0 Å². The molecule has 0 atom stereocenters. The molecular formula is C13H20N6. The first-order valence-electron chi connectivity index (χ1n) is 6.86. The number of nitrogens with zero attached hydrogens (tertiary/aromatic N) is 6. The molecule has 1 aliphatic rings. The molecule has 0 saturated carbocycles. The van der Waals surface area contributed by atoms with Crippen LogP contribution in [0.25, 0.3) is 5.82 Å². The summed E-state index contributed by atoms with van der Waals surface area (Å²) in [6.07, 6.45) is 5.71. The minimum atomic E-state index is 0.865. The summed E-state index contributed by atoms with van der Waals surface area (Å²) in [6, 6.07) is 2.06. The van der Waals surface area contributed by atoms with Gasteiger partial charge >= 0.3 is 0 Å². The molecule has 0 aromatic carbocycles. The second-order valence-electron chi connectivity index (χ2n) is 5.22. The largest absolute Gasteiger partial charge is 0.296 e. The van der Waals surface area contributed by atoms with Crippen LogP contribution in [0, 0.1) is 6.92 Å². The van der Waals surface area contributed by atoms with Crippen molar-refractivity contribution in [1.29, 1.82) is 0 Å². The van der Waals surface area contributed by atoms with Crippen LogP contribution in [0.15, 0.2) is 12.4 Å². The van der Waals surface area contributed by atoms with Crippen molar-refractivity contribution in [2.24, 2.45) is 7.05 Å². The Kier molecular flexibility index (Phi) is 3.33. The molecule has 0 radical (unpaired) electrons. The third-order valence-corrected chi connectivity index (χ3v) is 3.66. The van der Waals surface area contributed by atoms with E-state index in [1.54, 1.807) is 6.33 Å². The highest BCUT2D eigenvalue weighted by molar-refractivity contribution is 5.26. The van der Waals surface area contributed by atoms with Gasteiger partial charge in [0, 0.05) is 13.1 Å². The summed E-state index contributed by atoms with van der Waals surface area (Å²) < 4.78 is 3.91. The summed E-state index contributed by atoms with van der Waals surface area (Å²) in [5.41, 5.74) is 1.01. The Morgan fingerprint density at radius 3 is 2.68 bits per heavy atom. The Bertz CT molecular complexity index is 549. The van der Waals surface area contributed by atoms with Crippen molar-refractivity contribution in [2.75, 3.05) is 13.1 Å². The molecule has 1 saturated heterocycles. The van der Waals surface area contributed by atoms with Gasteiger partial charge in [-0.05, 0) is 32.9 Å². The fourth-order valence-corrected chi connectivity index (χ4v) is 2.70. The van der Waals surface area contributed by atoms with E-state index in [4.69, 9.17) is 0 Å². The minimum absolute atomic E-state index is 0.865. The lowest BCUT2D eigenvalue weighted by molar-refractivity contribution is 0.214. The zero-order chi connectivity index (χ0) is 13.2. The summed E-state index contributed by atoms with van der Waals surface area (Å²) in [5.74, 6) is 2.01. The second kappa shape index (κ2) is 5.13. The Morgan fingerprint density at radius 2 is 2.00 bits per heavy atom. The van der Waals surface area contributed by atoms with E-state index in [-0.39, 0.29) is 0 Å². The topological polar surface area (TPSA) is 51.8 Å². The van der Waals surface area contributed by atoms with Gasteiger partial charge in [-0.3, -0.25) is 14.1 Å². The van der Waals surface area contributed by atoms with Crippen LogP contribution in [0.4, 0.5) is 0 Å². The maximum atomic E-state index is 4.38. The van der Waals surface area contributed by atoms with Crippen LogP contribution in [0.1, 0.15) is 30.8 Å². The number of aromatic nitrogens is 5. The molecule has 102 valence electrons. The van der Waals surface area contributed by atoms with Crippen molar-refractivity contribution >= 4 is 0 Å². The molecule has 0 amide bonds. The third kappa shape index (κ3) is 2.53. The Morgan fingerprint density at radius 1 is 1.21 bits per heavy atom. The van der Waals surface area contributed by atoms with Crippen molar-refractivity contribution in [3.8, 4) is 5.82 Å². The summed E-state index contributed by atoms with van der Waals surface area (Å²) in [6.45, 7) is 5.19. The van der Waals surface area contributed by atoms with Gasteiger partial charge in [-0.2, -0.15) is 5.10 Å². The predicted molar refractivity (Wildman–Crippen MR) is 72.0 cm³/mol. The smallest absolute Gasteiger partial charge is 0.152 e. The molecule has 6 nitrogen and oxygen atoms in total. The van der Waals surface area contributed by atoms with Crippen molar-refractivity contribution in [3.05, 3.63) is 23.9 Å². The lowest BCUT2D eigenvalue weighted by atomic mass is 10.1. The molecule has 6 heteroatoms. The average Bonchev–Trinajstić information content (AvgIpc) is 2.97. The highest BCUT2D eigenvalue weighted by atomic mass is 15.4. The first-order chi connectivity index (χ1) is 9.24. The molecule has 0 bridgehead atoms. The zero-order valence-electron chi connectivity index (χ0n) is 11.6. The lowest BCUT2D eigenvalue weighted by Crippen LogP contribution is -2.30. The van der Waals surface area contributed by atoms with E-state index in [9.17, 15) is 0 Å². The number of piperidine rings is 1. The Balaban J connectivity index is 1.83. The van der Waals surface area contributed by atoms with Gasteiger partial charge in [0.05, 0.1) is 12.2 Å². The molecule has 0 N–H and O–H groups in total. The molecule has 3 heterocycles. The van der Waals surface area contributed by atoms with E-state index in [0.29, 0.717) is 0 Å². The highest BCUT2D eigenvalue weighted by Crippen LogP contribution is 2.15. The molecule has 0 unspecified atom stereocenters. The summed E-state index contributed by atoms with van der Waals surface area (Å²) in [4.78, 5) is 2.45. The van der Waals surface area contributed by atoms with Crippen molar-refractivity contribution in [1.82, 2.24) is 29.4 Å². The van der Waals surface area contributed by atoms with E-state index >= 15 is 0 Å². The molecule has 1 aliphatic heterocycles. The molecular weight excluding hydrogens is 240 g/mol. The van der Waals surface area contributed by atoms with Gasteiger partial charge in [-0.1, -0.05) is 6.42 Å².